The summed E-state index contributed by atoms with van der Waals surface area (Å²) >= 11 is 0. The smallest absolute Gasteiger partial charge is 0.331 e. The SMILES string of the molecule is CCOC(=O)C(CC)(CC)NC(=O)c1ccc(N2CCCC2)c(OCC2(COCc3ccccc3)COC2)n1. The van der Waals surface area contributed by atoms with E-state index in [0.717, 1.165) is 37.2 Å². The zero-order valence-electron chi connectivity index (χ0n) is 23.4. The van der Waals surface area contributed by atoms with Gasteiger partial charge in [-0.1, -0.05) is 44.2 Å². The number of anilines is 1. The van der Waals surface area contributed by atoms with Gasteiger partial charge in [0.05, 0.1) is 44.1 Å². The average molecular weight is 540 g/mol. The maximum atomic E-state index is 13.3. The molecule has 0 bridgehead atoms. The van der Waals surface area contributed by atoms with Gasteiger partial charge < -0.3 is 29.2 Å². The molecule has 9 nitrogen and oxygen atoms in total. The molecule has 2 aliphatic rings. The van der Waals surface area contributed by atoms with Gasteiger partial charge in [0.15, 0.2) is 0 Å². The van der Waals surface area contributed by atoms with Crippen LogP contribution in [0.3, 0.4) is 0 Å². The molecule has 212 valence electrons. The van der Waals surface area contributed by atoms with E-state index in [1.807, 2.05) is 50.2 Å². The summed E-state index contributed by atoms with van der Waals surface area (Å²) in [4.78, 5) is 32.9. The third-order valence-electron chi connectivity index (χ3n) is 7.60. The number of carbonyl (C=O) groups is 2. The summed E-state index contributed by atoms with van der Waals surface area (Å²) in [5.74, 6) is -0.456. The molecule has 1 aromatic carbocycles. The molecule has 2 aliphatic heterocycles. The van der Waals surface area contributed by atoms with Crippen LogP contribution in [-0.4, -0.2) is 68.5 Å². The molecule has 3 heterocycles. The molecule has 0 spiro atoms. The molecule has 0 atom stereocenters. The molecule has 9 heteroatoms. The minimum atomic E-state index is -1.10. The molecule has 0 radical (unpaired) electrons. The fraction of sp³-hybridized carbons (Fsp3) is 0.567. The molecule has 1 aromatic heterocycles. The van der Waals surface area contributed by atoms with Crippen molar-refractivity contribution in [3.63, 3.8) is 0 Å². The number of pyridine rings is 1. The number of carbonyl (C=O) groups excluding carboxylic acids is 2. The molecule has 2 aromatic rings. The number of hydrogen-bond donors (Lipinski definition) is 1. The van der Waals surface area contributed by atoms with E-state index in [4.69, 9.17) is 18.9 Å². The Bertz CT molecular complexity index is 1100. The van der Waals surface area contributed by atoms with E-state index in [1.54, 1.807) is 13.0 Å². The van der Waals surface area contributed by atoms with Crippen molar-refractivity contribution in [1.29, 1.82) is 0 Å². The predicted octanol–water partition coefficient (Wildman–Crippen LogP) is 4.15. The third-order valence-corrected chi connectivity index (χ3v) is 7.60. The first kappa shape index (κ1) is 28.8. The van der Waals surface area contributed by atoms with Crippen molar-refractivity contribution in [2.45, 2.75) is 58.6 Å². The van der Waals surface area contributed by atoms with Gasteiger partial charge in [-0.15, -0.1) is 0 Å². The van der Waals surface area contributed by atoms with Gasteiger partial charge in [0, 0.05) is 13.1 Å². The molecule has 2 saturated heterocycles. The van der Waals surface area contributed by atoms with Gasteiger partial charge in [0.25, 0.3) is 5.91 Å². The second kappa shape index (κ2) is 13.3. The first-order valence-electron chi connectivity index (χ1n) is 14.0. The number of rotatable bonds is 14. The standard InChI is InChI=1S/C30H41N3O6/c1-4-30(5-2,28(35)38-6-3)32-26(34)24-14-15-25(33-16-10-11-17-33)27(31-24)39-22-29(20-37-21-29)19-36-18-23-12-8-7-9-13-23/h7-9,12-15H,4-6,10-11,16-22H2,1-3H3,(H,32,34). The molecule has 1 N–H and O–H groups in total. The Labute approximate surface area is 231 Å². The van der Waals surface area contributed by atoms with Crippen LogP contribution in [0.5, 0.6) is 5.88 Å². The van der Waals surface area contributed by atoms with Crippen LogP contribution in [0, 0.1) is 5.41 Å². The van der Waals surface area contributed by atoms with Crippen molar-refractivity contribution in [1.82, 2.24) is 10.3 Å². The predicted molar refractivity (Wildman–Crippen MR) is 148 cm³/mol. The van der Waals surface area contributed by atoms with Gasteiger partial charge in [-0.2, -0.15) is 0 Å². The quantitative estimate of drug-likeness (QED) is 0.358. The Morgan fingerprint density at radius 1 is 1.03 bits per heavy atom. The van der Waals surface area contributed by atoms with Crippen molar-refractivity contribution in [3.05, 3.63) is 53.7 Å². The van der Waals surface area contributed by atoms with Crippen LogP contribution in [0.2, 0.25) is 0 Å². The minimum Gasteiger partial charge on any atom is -0.475 e. The molecule has 0 aliphatic carbocycles. The normalized spacial score (nSPS) is 16.4. The van der Waals surface area contributed by atoms with Gasteiger partial charge in [-0.05, 0) is 50.3 Å². The van der Waals surface area contributed by atoms with Crippen molar-refractivity contribution < 1.29 is 28.5 Å². The van der Waals surface area contributed by atoms with E-state index >= 15 is 0 Å². The number of ether oxygens (including phenoxy) is 4. The van der Waals surface area contributed by atoms with Crippen LogP contribution in [-0.2, 0) is 25.6 Å². The number of nitrogens with zero attached hydrogens (tertiary/aromatic N) is 2. The monoisotopic (exact) mass is 539 g/mol. The molecular weight excluding hydrogens is 498 g/mol. The minimum absolute atomic E-state index is 0.197. The summed E-state index contributed by atoms with van der Waals surface area (Å²) in [5, 5.41) is 2.90. The van der Waals surface area contributed by atoms with Gasteiger partial charge in [0.1, 0.15) is 17.8 Å². The van der Waals surface area contributed by atoms with E-state index in [0.29, 0.717) is 51.8 Å². The second-order valence-corrected chi connectivity index (χ2v) is 10.4. The van der Waals surface area contributed by atoms with Crippen LogP contribution in [0.1, 0.15) is 62.5 Å². The Balaban J connectivity index is 1.49. The highest BCUT2D eigenvalue weighted by Crippen LogP contribution is 2.34. The zero-order chi connectivity index (χ0) is 27.7. The number of amides is 1. The molecule has 1 amide bonds. The van der Waals surface area contributed by atoms with Gasteiger partial charge in [-0.3, -0.25) is 4.79 Å². The highest BCUT2D eigenvalue weighted by molar-refractivity contribution is 5.97. The lowest BCUT2D eigenvalue weighted by atomic mass is 9.88. The fourth-order valence-electron chi connectivity index (χ4n) is 4.96. The summed E-state index contributed by atoms with van der Waals surface area (Å²) < 4.78 is 23.2. The van der Waals surface area contributed by atoms with Gasteiger partial charge >= 0.3 is 5.97 Å². The summed E-state index contributed by atoms with van der Waals surface area (Å²) in [6, 6.07) is 13.6. The number of aromatic nitrogens is 1. The second-order valence-electron chi connectivity index (χ2n) is 10.4. The summed E-state index contributed by atoms with van der Waals surface area (Å²) in [7, 11) is 0. The third kappa shape index (κ3) is 6.89. The van der Waals surface area contributed by atoms with Crippen LogP contribution < -0.4 is 15.0 Å². The number of hydrogen-bond acceptors (Lipinski definition) is 8. The van der Waals surface area contributed by atoms with Crippen LogP contribution in [0.4, 0.5) is 5.69 Å². The van der Waals surface area contributed by atoms with Crippen LogP contribution in [0.15, 0.2) is 42.5 Å². The Kier molecular flexibility index (Phi) is 9.80. The number of benzene rings is 1. The Hall–Kier alpha value is -3.17. The zero-order valence-corrected chi connectivity index (χ0v) is 23.4. The average Bonchev–Trinajstić information content (AvgIpc) is 3.48. The fourth-order valence-corrected chi connectivity index (χ4v) is 4.96. The van der Waals surface area contributed by atoms with E-state index in [-0.39, 0.29) is 17.7 Å². The molecule has 0 saturated carbocycles. The molecule has 4 rings (SSSR count). The largest absolute Gasteiger partial charge is 0.475 e. The lowest BCUT2D eigenvalue weighted by Gasteiger charge is -2.40. The topological polar surface area (TPSA) is 99.2 Å². The van der Waals surface area contributed by atoms with E-state index < -0.39 is 17.4 Å². The maximum absolute atomic E-state index is 13.3. The summed E-state index contributed by atoms with van der Waals surface area (Å²) in [6.45, 7) is 10.00. The van der Waals surface area contributed by atoms with Crippen molar-refractivity contribution >= 4 is 17.6 Å². The molecule has 39 heavy (non-hydrogen) atoms. The van der Waals surface area contributed by atoms with Crippen molar-refractivity contribution in [3.8, 4) is 5.88 Å². The van der Waals surface area contributed by atoms with Crippen LogP contribution >= 0.6 is 0 Å². The number of nitrogens with one attached hydrogen (secondary N) is 1. The number of esters is 1. The maximum Gasteiger partial charge on any atom is 0.331 e. The lowest BCUT2D eigenvalue weighted by molar-refractivity contribution is -0.166. The molecule has 0 unspecified atom stereocenters. The first-order chi connectivity index (χ1) is 18.9. The first-order valence-corrected chi connectivity index (χ1v) is 14.0. The van der Waals surface area contributed by atoms with E-state index in [1.165, 1.54) is 0 Å². The highest BCUT2D eigenvalue weighted by atomic mass is 16.5. The van der Waals surface area contributed by atoms with Gasteiger partial charge in [0.2, 0.25) is 5.88 Å². The van der Waals surface area contributed by atoms with Gasteiger partial charge in [-0.25, -0.2) is 9.78 Å². The van der Waals surface area contributed by atoms with Crippen molar-refractivity contribution in [2.24, 2.45) is 5.41 Å². The van der Waals surface area contributed by atoms with Crippen molar-refractivity contribution in [2.75, 3.05) is 51.0 Å². The summed E-state index contributed by atoms with van der Waals surface area (Å²) in [5.41, 5.74) is 0.798. The summed E-state index contributed by atoms with van der Waals surface area (Å²) in [6.07, 6.45) is 3.02. The molecule has 2 fully saturated rings. The Morgan fingerprint density at radius 2 is 1.74 bits per heavy atom. The van der Waals surface area contributed by atoms with E-state index in [9.17, 15) is 9.59 Å². The lowest BCUT2D eigenvalue weighted by Crippen LogP contribution is -2.54. The molecular formula is C30H41N3O6. The van der Waals surface area contributed by atoms with Crippen LogP contribution in [0.25, 0.3) is 0 Å². The van der Waals surface area contributed by atoms with E-state index in [2.05, 4.69) is 15.2 Å². The highest BCUT2D eigenvalue weighted by Gasteiger charge is 2.41. The Morgan fingerprint density at radius 3 is 2.36 bits per heavy atom.